The summed E-state index contributed by atoms with van der Waals surface area (Å²) in [4.78, 5) is 0. The molecule has 0 N–H and O–H groups in total. The smallest absolute Gasteiger partial charge is 0.138 e. The Bertz CT molecular complexity index is 654. The molecule has 2 aromatic heterocycles. The fourth-order valence-electron chi connectivity index (χ4n) is 1.94. The molecule has 102 valence electrons. The molecule has 7 nitrogen and oxygen atoms in total. The quantitative estimate of drug-likeness (QED) is 0.687. The van der Waals surface area contributed by atoms with Crippen LogP contribution < -0.4 is 0 Å². The van der Waals surface area contributed by atoms with Gasteiger partial charge in [0.1, 0.15) is 12.0 Å². The van der Waals surface area contributed by atoms with Gasteiger partial charge in [0.05, 0.1) is 12.7 Å². The molecule has 7 heteroatoms. The van der Waals surface area contributed by atoms with E-state index in [2.05, 4.69) is 57.0 Å². The first-order chi connectivity index (χ1) is 9.79. The van der Waals surface area contributed by atoms with Crippen molar-refractivity contribution >= 4 is 0 Å². The molecule has 3 aromatic rings. The molecule has 0 atom stereocenters. The predicted octanol–water partition coefficient (Wildman–Crippen LogP) is 0.864. The Morgan fingerprint density at radius 2 is 1.90 bits per heavy atom. The molecule has 0 fully saturated rings. The maximum Gasteiger partial charge on any atom is 0.138 e. The summed E-state index contributed by atoms with van der Waals surface area (Å²) in [5, 5.41) is 19.2. The zero-order valence-corrected chi connectivity index (χ0v) is 11.2. The molecule has 0 aliphatic rings. The van der Waals surface area contributed by atoms with Crippen molar-refractivity contribution in [2.45, 2.75) is 26.4 Å². The lowest BCUT2D eigenvalue weighted by atomic mass is 10.1. The molecule has 0 unspecified atom stereocenters. The van der Waals surface area contributed by atoms with Crippen LogP contribution >= 0.6 is 0 Å². The van der Waals surface area contributed by atoms with Crippen LogP contribution in [0.25, 0.3) is 0 Å². The van der Waals surface area contributed by atoms with Crippen LogP contribution in [-0.4, -0.2) is 35.2 Å². The van der Waals surface area contributed by atoms with Gasteiger partial charge >= 0.3 is 0 Å². The molecule has 1 aromatic carbocycles. The highest BCUT2D eigenvalue weighted by molar-refractivity contribution is 5.21. The Morgan fingerprint density at radius 1 is 1.05 bits per heavy atom. The summed E-state index contributed by atoms with van der Waals surface area (Å²) in [6.07, 6.45) is 4.43. The van der Waals surface area contributed by atoms with E-state index in [1.54, 1.807) is 11.0 Å². The largest absolute Gasteiger partial charge is 0.252 e. The van der Waals surface area contributed by atoms with Crippen molar-refractivity contribution in [3.05, 3.63) is 53.6 Å². The number of aromatic nitrogens is 7. The third-order valence-corrected chi connectivity index (χ3v) is 3.05. The zero-order chi connectivity index (χ0) is 13.8. The Labute approximate surface area is 116 Å². The van der Waals surface area contributed by atoms with Crippen molar-refractivity contribution in [1.29, 1.82) is 0 Å². The van der Waals surface area contributed by atoms with E-state index in [4.69, 9.17) is 0 Å². The molecule has 0 amide bonds. The number of aryl methyl sites for hydroxylation is 3. The molecule has 0 aliphatic heterocycles. The van der Waals surface area contributed by atoms with E-state index in [0.717, 1.165) is 18.7 Å². The third-order valence-electron chi connectivity index (χ3n) is 3.05. The van der Waals surface area contributed by atoms with Gasteiger partial charge in [-0.25, -0.2) is 4.68 Å². The second-order valence-corrected chi connectivity index (χ2v) is 4.72. The highest BCUT2D eigenvalue weighted by Gasteiger charge is 2.03. The van der Waals surface area contributed by atoms with Crippen molar-refractivity contribution in [1.82, 2.24) is 35.2 Å². The van der Waals surface area contributed by atoms with Crippen LogP contribution in [0.4, 0.5) is 0 Å². The molecule has 0 spiro atoms. The summed E-state index contributed by atoms with van der Waals surface area (Å²) >= 11 is 0. The van der Waals surface area contributed by atoms with Crippen molar-refractivity contribution in [2.24, 2.45) is 0 Å². The van der Waals surface area contributed by atoms with Gasteiger partial charge in [-0.3, -0.25) is 4.68 Å². The zero-order valence-electron chi connectivity index (χ0n) is 11.2. The average molecular weight is 269 g/mol. The summed E-state index contributed by atoms with van der Waals surface area (Å²) in [6, 6.07) is 8.54. The molecule has 0 radical (unpaired) electrons. The highest BCUT2D eigenvalue weighted by Crippen LogP contribution is 2.05. The Balaban J connectivity index is 1.58. The first kappa shape index (κ1) is 12.5. The number of hydrogen-bond donors (Lipinski definition) is 0. The van der Waals surface area contributed by atoms with Gasteiger partial charge in [-0.2, -0.15) is 0 Å². The first-order valence-electron chi connectivity index (χ1n) is 6.45. The molecule has 3 rings (SSSR count). The van der Waals surface area contributed by atoms with Crippen molar-refractivity contribution in [3.63, 3.8) is 0 Å². The van der Waals surface area contributed by atoms with Crippen LogP contribution in [0.3, 0.4) is 0 Å². The minimum atomic E-state index is 0.539. The maximum atomic E-state index is 4.11. The van der Waals surface area contributed by atoms with E-state index < -0.39 is 0 Å². The second kappa shape index (κ2) is 5.60. The van der Waals surface area contributed by atoms with Gasteiger partial charge in [0.15, 0.2) is 0 Å². The molecule has 0 bridgehead atoms. The minimum Gasteiger partial charge on any atom is -0.252 e. The normalized spacial score (nSPS) is 10.8. The molecule has 2 heterocycles. The predicted molar refractivity (Wildman–Crippen MR) is 71.8 cm³/mol. The fraction of sp³-hybridized carbons (Fsp3) is 0.308. The van der Waals surface area contributed by atoms with Crippen LogP contribution in [0.1, 0.15) is 16.8 Å². The molecular weight excluding hydrogens is 254 g/mol. The van der Waals surface area contributed by atoms with Crippen LogP contribution in [0.5, 0.6) is 0 Å². The number of hydrogen-bond acceptors (Lipinski definition) is 5. The standard InChI is InChI=1S/C13H15N7/c1-11-2-4-12(5-3-11)6-7-19-8-13(15-17-19)9-20-10-14-16-18-20/h2-5,8,10H,6-7,9H2,1H3. The fourth-order valence-corrected chi connectivity index (χ4v) is 1.94. The van der Waals surface area contributed by atoms with Gasteiger partial charge in [-0.05, 0) is 29.3 Å². The summed E-state index contributed by atoms with van der Waals surface area (Å²) in [7, 11) is 0. The monoisotopic (exact) mass is 269 g/mol. The molecule has 0 saturated heterocycles. The average Bonchev–Trinajstić information content (AvgIpc) is 3.11. The Morgan fingerprint density at radius 3 is 2.65 bits per heavy atom. The number of tetrazole rings is 1. The van der Waals surface area contributed by atoms with Crippen LogP contribution in [0.2, 0.25) is 0 Å². The van der Waals surface area contributed by atoms with Crippen LogP contribution in [0, 0.1) is 6.92 Å². The van der Waals surface area contributed by atoms with Crippen molar-refractivity contribution in [3.8, 4) is 0 Å². The topological polar surface area (TPSA) is 74.3 Å². The highest BCUT2D eigenvalue weighted by atomic mass is 15.5. The van der Waals surface area contributed by atoms with Crippen molar-refractivity contribution < 1.29 is 0 Å². The van der Waals surface area contributed by atoms with Crippen LogP contribution in [-0.2, 0) is 19.5 Å². The molecule has 20 heavy (non-hydrogen) atoms. The Hall–Kier alpha value is -2.57. The van der Waals surface area contributed by atoms with Crippen molar-refractivity contribution in [2.75, 3.05) is 0 Å². The number of rotatable bonds is 5. The van der Waals surface area contributed by atoms with Crippen LogP contribution in [0.15, 0.2) is 36.8 Å². The van der Waals surface area contributed by atoms with Gasteiger partial charge in [0.25, 0.3) is 0 Å². The maximum absolute atomic E-state index is 4.11. The van der Waals surface area contributed by atoms with Gasteiger partial charge < -0.3 is 0 Å². The lowest BCUT2D eigenvalue weighted by molar-refractivity contribution is 0.588. The van der Waals surface area contributed by atoms with Gasteiger partial charge in [-0.1, -0.05) is 35.0 Å². The first-order valence-corrected chi connectivity index (χ1v) is 6.45. The molecule has 0 saturated carbocycles. The second-order valence-electron chi connectivity index (χ2n) is 4.72. The van der Waals surface area contributed by atoms with E-state index in [9.17, 15) is 0 Å². The van der Waals surface area contributed by atoms with E-state index in [0.29, 0.717) is 6.54 Å². The molecular formula is C13H15N7. The number of nitrogens with zero attached hydrogens (tertiary/aromatic N) is 7. The molecule has 0 aliphatic carbocycles. The lowest BCUT2D eigenvalue weighted by Gasteiger charge is -2.01. The van der Waals surface area contributed by atoms with E-state index in [1.807, 2.05) is 10.9 Å². The summed E-state index contributed by atoms with van der Waals surface area (Å²) < 4.78 is 3.47. The summed E-state index contributed by atoms with van der Waals surface area (Å²) in [5.74, 6) is 0. The number of benzene rings is 1. The third kappa shape index (κ3) is 3.05. The summed E-state index contributed by atoms with van der Waals surface area (Å²) in [6.45, 7) is 3.44. The SMILES string of the molecule is Cc1ccc(CCn2cc(Cn3cnnn3)nn2)cc1. The van der Waals surface area contributed by atoms with Gasteiger partial charge in [0.2, 0.25) is 0 Å². The Kier molecular flexibility index (Phi) is 3.49. The van der Waals surface area contributed by atoms with Gasteiger partial charge in [0, 0.05) is 6.54 Å². The summed E-state index contributed by atoms with van der Waals surface area (Å²) in [5.41, 5.74) is 3.42. The lowest BCUT2D eigenvalue weighted by Crippen LogP contribution is -2.02. The minimum absolute atomic E-state index is 0.539. The van der Waals surface area contributed by atoms with E-state index in [1.165, 1.54) is 11.1 Å². The van der Waals surface area contributed by atoms with E-state index in [-0.39, 0.29) is 0 Å². The van der Waals surface area contributed by atoms with Gasteiger partial charge in [-0.15, -0.1) is 10.2 Å². The van der Waals surface area contributed by atoms with E-state index >= 15 is 0 Å².